The number of carbonyl (C=O) groups is 2. The fourth-order valence-corrected chi connectivity index (χ4v) is 3.25. The number of fused-ring (bicyclic) bond motifs is 1. The lowest BCUT2D eigenvalue weighted by Gasteiger charge is -2.21. The zero-order valence-corrected chi connectivity index (χ0v) is 15.6. The van der Waals surface area contributed by atoms with Crippen LogP contribution in [-0.4, -0.2) is 28.2 Å². The van der Waals surface area contributed by atoms with Crippen LogP contribution < -0.4 is 10.5 Å². The Hall–Kier alpha value is -2.90. The van der Waals surface area contributed by atoms with Crippen LogP contribution in [0.25, 0.3) is 10.8 Å². The first-order chi connectivity index (χ1) is 12.9. The Balaban J connectivity index is 0.000000380. The molecule has 0 fully saturated rings. The van der Waals surface area contributed by atoms with E-state index in [0.717, 1.165) is 17.6 Å². The molecule has 142 valence electrons. The average Bonchev–Trinajstić information content (AvgIpc) is 3.16. The van der Waals surface area contributed by atoms with E-state index in [1.165, 1.54) is 10.3 Å². The highest BCUT2D eigenvalue weighted by Gasteiger charge is 2.17. The molecule has 2 unspecified atom stereocenters. The number of ether oxygens (including phenoxy) is 1. The van der Waals surface area contributed by atoms with Crippen LogP contribution in [0.3, 0.4) is 0 Å². The average molecular weight is 387 g/mol. The smallest absolute Gasteiger partial charge is 0.414 e. The molecule has 4 N–H and O–H groups in total. The molecule has 0 spiro atoms. The molecular weight excluding hydrogens is 366 g/mol. The van der Waals surface area contributed by atoms with Crippen molar-refractivity contribution in [2.75, 3.05) is 0 Å². The van der Waals surface area contributed by atoms with Crippen molar-refractivity contribution in [1.29, 1.82) is 0 Å². The monoisotopic (exact) mass is 387 g/mol. The van der Waals surface area contributed by atoms with Crippen LogP contribution in [0.4, 0.5) is 0 Å². The Bertz CT molecular complexity index is 875. The normalized spacial score (nSPS) is 12.5. The minimum Gasteiger partial charge on any atom is -0.484 e. The van der Waals surface area contributed by atoms with Gasteiger partial charge in [-0.2, -0.15) is 0 Å². The Labute approximate surface area is 160 Å². The van der Waals surface area contributed by atoms with Crippen molar-refractivity contribution in [3.05, 3.63) is 64.9 Å². The first-order valence-electron chi connectivity index (χ1n) is 8.28. The maximum atomic E-state index is 9.10. The molecule has 7 heteroatoms. The Morgan fingerprint density at radius 3 is 2.30 bits per heavy atom. The molecule has 0 saturated heterocycles. The summed E-state index contributed by atoms with van der Waals surface area (Å²) in [7, 11) is 0. The van der Waals surface area contributed by atoms with Crippen molar-refractivity contribution in [2.45, 2.75) is 25.5 Å². The molecule has 0 amide bonds. The molecular formula is C20H21NO5S. The van der Waals surface area contributed by atoms with Crippen LogP contribution in [0.1, 0.15) is 24.3 Å². The lowest BCUT2D eigenvalue weighted by Crippen LogP contribution is -2.21. The number of thiophene rings is 1. The van der Waals surface area contributed by atoms with Crippen LogP contribution >= 0.6 is 11.3 Å². The highest BCUT2D eigenvalue weighted by atomic mass is 32.1. The van der Waals surface area contributed by atoms with Gasteiger partial charge in [0.05, 0.1) is 0 Å². The lowest BCUT2D eigenvalue weighted by molar-refractivity contribution is -0.159. The van der Waals surface area contributed by atoms with Gasteiger partial charge >= 0.3 is 11.9 Å². The zero-order valence-electron chi connectivity index (χ0n) is 14.7. The van der Waals surface area contributed by atoms with Gasteiger partial charge in [-0.3, -0.25) is 0 Å². The molecule has 0 bridgehead atoms. The van der Waals surface area contributed by atoms with Crippen LogP contribution in [0, 0.1) is 0 Å². The minimum atomic E-state index is -1.82. The molecule has 2 aromatic carbocycles. The molecule has 27 heavy (non-hydrogen) atoms. The van der Waals surface area contributed by atoms with Gasteiger partial charge in [-0.05, 0) is 29.8 Å². The van der Waals surface area contributed by atoms with E-state index in [1.807, 2.05) is 31.2 Å². The maximum absolute atomic E-state index is 9.10. The van der Waals surface area contributed by atoms with E-state index in [9.17, 15) is 0 Å². The summed E-state index contributed by atoms with van der Waals surface area (Å²) in [5.74, 6) is -2.72. The fraction of sp³-hybridized carbons (Fsp3) is 0.200. The van der Waals surface area contributed by atoms with Crippen molar-refractivity contribution >= 4 is 34.0 Å². The summed E-state index contributed by atoms with van der Waals surface area (Å²) < 4.78 is 6.31. The second kappa shape index (κ2) is 9.70. The summed E-state index contributed by atoms with van der Waals surface area (Å²) >= 11 is 1.72. The third-order valence-corrected chi connectivity index (χ3v) is 4.61. The summed E-state index contributed by atoms with van der Waals surface area (Å²) in [5.41, 5.74) is 5.99. The molecule has 3 aromatic rings. The Kier molecular flexibility index (Phi) is 7.34. The van der Waals surface area contributed by atoms with Gasteiger partial charge in [0.1, 0.15) is 11.9 Å². The number of hydrogen-bond acceptors (Lipinski definition) is 5. The SMILES string of the molecule is CC(N)CC(Oc1cccc2ccccc12)c1cccs1.O=C(O)C(=O)O. The Morgan fingerprint density at radius 2 is 1.70 bits per heavy atom. The number of carboxylic acid groups (broad SMARTS) is 2. The van der Waals surface area contributed by atoms with E-state index in [1.54, 1.807) is 11.3 Å². The first-order valence-corrected chi connectivity index (χ1v) is 9.16. The van der Waals surface area contributed by atoms with Crippen molar-refractivity contribution in [3.8, 4) is 5.75 Å². The van der Waals surface area contributed by atoms with E-state index >= 15 is 0 Å². The molecule has 3 rings (SSSR count). The summed E-state index contributed by atoms with van der Waals surface area (Å²) in [4.78, 5) is 19.4. The second-order valence-corrected chi connectivity index (χ2v) is 6.90. The molecule has 0 saturated carbocycles. The summed E-state index contributed by atoms with van der Waals surface area (Å²) in [6.07, 6.45) is 0.819. The lowest BCUT2D eigenvalue weighted by atomic mass is 10.1. The molecule has 0 radical (unpaired) electrons. The van der Waals surface area contributed by atoms with E-state index in [-0.39, 0.29) is 12.1 Å². The highest BCUT2D eigenvalue weighted by molar-refractivity contribution is 7.10. The maximum Gasteiger partial charge on any atom is 0.414 e. The van der Waals surface area contributed by atoms with E-state index < -0.39 is 11.9 Å². The van der Waals surface area contributed by atoms with Crippen LogP contribution in [-0.2, 0) is 9.59 Å². The van der Waals surface area contributed by atoms with E-state index in [2.05, 4.69) is 35.7 Å². The van der Waals surface area contributed by atoms with Gasteiger partial charge in [-0.25, -0.2) is 9.59 Å². The number of aliphatic carboxylic acids is 2. The molecule has 0 aliphatic carbocycles. The van der Waals surface area contributed by atoms with Gasteiger partial charge in [0.25, 0.3) is 0 Å². The van der Waals surface area contributed by atoms with Gasteiger partial charge in [0.15, 0.2) is 0 Å². The van der Waals surface area contributed by atoms with Crippen molar-refractivity contribution < 1.29 is 24.5 Å². The van der Waals surface area contributed by atoms with Gasteiger partial charge in [-0.1, -0.05) is 42.5 Å². The fourth-order valence-electron chi connectivity index (χ4n) is 2.49. The van der Waals surface area contributed by atoms with Crippen molar-refractivity contribution in [1.82, 2.24) is 0 Å². The van der Waals surface area contributed by atoms with Crippen LogP contribution in [0.2, 0.25) is 0 Å². The Morgan fingerprint density at radius 1 is 1.04 bits per heavy atom. The van der Waals surface area contributed by atoms with Crippen LogP contribution in [0.5, 0.6) is 5.75 Å². The number of hydrogen-bond donors (Lipinski definition) is 3. The van der Waals surface area contributed by atoms with Crippen molar-refractivity contribution in [2.24, 2.45) is 5.73 Å². The predicted molar refractivity (Wildman–Crippen MR) is 105 cm³/mol. The first kappa shape index (κ1) is 20.4. The largest absolute Gasteiger partial charge is 0.484 e. The molecule has 6 nitrogen and oxygen atoms in total. The third-order valence-electron chi connectivity index (χ3n) is 3.65. The van der Waals surface area contributed by atoms with E-state index in [0.29, 0.717) is 0 Å². The zero-order chi connectivity index (χ0) is 19.8. The third kappa shape index (κ3) is 6.09. The van der Waals surface area contributed by atoms with Crippen LogP contribution in [0.15, 0.2) is 60.0 Å². The highest BCUT2D eigenvalue weighted by Crippen LogP contribution is 2.33. The number of carboxylic acids is 2. The summed E-state index contributed by atoms with van der Waals surface area (Å²) in [6.45, 7) is 2.02. The molecule has 1 aromatic heterocycles. The molecule has 1 heterocycles. The van der Waals surface area contributed by atoms with Gasteiger partial charge in [0, 0.05) is 22.7 Å². The van der Waals surface area contributed by atoms with E-state index in [4.69, 9.17) is 30.3 Å². The van der Waals surface area contributed by atoms with Crippen molar-refractivity contribution in [3.63, 3.8) is 0 Å². The summed E-state index contributed by atoms with van der Waals surface area (Å²) in [5, 5.41) is 19.2. The van der Waals surface area contributed by atoms with Gasteiger partial charge in [0.2, 0.25) is 0 Å². The number of rotatable bonds is 5. The standard InChI is InChI=1S/C18H19NOS.C2H2O4/c1-13(19)12-17(18-10-5-11-21-18)20-16-9-4-7-14-6-2-3-8-15(14)16;3-1(4)2(5)6/h2-11,13,17H,12,19H2,1H3;(H,3,4)(H,5,6). The predicted octanol–water partition coefficient (Wildman–Crippen LogP) is 3.91. The molecule has 0 aliphatic rings. The molecule has 0 aliphatic heterocycles. The van der Waals surface area contributed by atoms with Gasteiger partial charge < -0.3 is 20.7 Å². The number of benzene rings is 2. The number of nitrogens with two attached hydrogens (primary N) is 1. The second-order valence-electron chi connectivity index (χ2n) is 5.92. The summed E-state index contributed by atoms with van der Waals surface area (Å²) in [6, 6.07) is 18.7. The molecule has 2 atom stereocenters. The minimum absolute atomic E-state index is 0.0100. The topological polar surface area (TPSA) is 110 Å². The quantitative estimate of drug-likeness (QED) is 0.573. The van der Waals surface area contributed by atoms with Gasteiger partial charge in [-0.15, -0.1) is 11.3 Å².